The summed E-state index contributed by atoms with van der Waals surface area (Å²) >= 11 is 0. The molecule has 0 bridgehead atoms. The Bertz CT molecular complexity index is 1130. The van der Waals surface area contributed by atoms with Crippen molar-refractivity contribution in [3.63, 3.8) is 0 Å². The third-order valence-electron chi connectivity index (χ3n) is 4.19. The highest BCUT2D eigenvalue weighted by Gasteiger charge is 2.17. The van der Waals surface area contributed by atoms with E-state index in [1.54, 1.807) is 12.1 Å². The van der Waals surface area contributed by atoms with Crippen LogP contribution < -0.4 is 10.1 Å². The van der Waals surface area contributed by atoms with Crippen LogP contribution in [0.25, 0.3) is 28.1 Å². The Labute approximate surface area is 150 Å². The number of ether oxygens (including phenoxy) is 1. The summed E-state index contributed by atoms with van der Waals surface area (Å²) in [7, 11) is 1.84. The number of hydrogen-bond acceptors (Lipinski definition) is 5. The van der Waals surface area contributed by atoms with E-state index in [2.05, 4.69) is 23.3 Å². The van der Waals surface area contributed by atoms with Crippen molar-refractivity contribution in [2.75, 3.05) is 19.0 Å². The number of aromatic nitrogens is 2. The summed E-state index contributed by atoms with van der Waals surface area (Å²) in [5.41, 5.74) is 2.74. The second kappa shape index (κ2) is 6.45. The first-order valence-electron chi connectivity index (χ1n) is 8.50. The van der Waals surface area contributed by atoms with Crippen LogP contribution in [0.3, 0.4) is 0 Å². The maximum atomic E-state index is 9.10. The minimum Gasteiger partial charge on any atom is -0.494 e. The Morgan fingerprint density at radius 3 is 2.92 bits per heavy atom. The lowest BCUT2D eigenvalue weighted by molar-refractivity contribution is 0.318. The predicted molar refractivity (Wildman–Crippen MR) is 100 cm³/mol. The minimum atomic E-state index is 0.569. The van der Waals surface area contributed by atoms with E-state index in [0.717, 1.165) is 29.0 Å². The first kappa shape index (κ1) is 16.0. The van der Waals surface area contributed by atoms with Crippen LogP contribution in [0.5, 0.6) is 5.75 Å². The van der Waals surface area contributed by atoms with Gasteiger partial charge in [0.25, 0.3) is 0 Å². The van der Waals surface area contributed by atoms with Crippen molar-refractivity contribution in [1.82, 2.24) is 9.38 Å². The van der Waals surface area contributed by atoms with E-state index < -0.39 is 0 Å². The molecule has 1 N–H and O–H groups in total. The topological polar surface area (TPSA) is 75.5 Å². The number of nitriles is 1. The third-order valence-corrected chi connectivity index (χ3v) is 4.19. The first-order chi connectivity index (χ1) is 12.7. The van der Waals surface area contributed by atoms with Crippen molar-refractivity contribution < 1.29 is 9.15 Å². The van der Waals surface area contributed by atoms with Gasteiger partial charge in [-0.3, -0.25) is 4.40 Å². The number of fused-ring (bicyclic) bond motifs is 2. The molecule has 4 rings (SSSR count). The van der Waals surface area contributed by atoms with E-state index in [1.807, 2.05) is 41.9 Å². The lowest BCUT2D eigenvalue weighted by Crippen LogP contribution is -1.95. The highest BCUT2D eigenvalue weighted by molar-refractivity contribution is 5.86. The molecule has 4 aromatic rings. The summed E-state index contributed by atoms with van der Waals surface area (Å²) < 4.78 is 13.6. The zero-order valence-corrected chi connectivity index (χ0v) is 14.6. The van der Waals surface area contributed by atoms with Gasteiger partial charge in [0.15, 0.2) is 5.76 Å². The Kier molecular flexibility index (Phi) is 3.98. The second-order valence-electron chi connectivity index (χ2n) is 5.97. The van der Waals surface area contributed by atoms with E-state index in [4.69, 9.17) is 14.4 Å². The number of rotatable bonds is 5. The molecule has 0 aliphatic rings. The molecule has 0 unspecified atom stereocenters. The van der Waals surface area contributed by atoms with E-state index in [0.29, 0.717) is 29.3 Å². The summed E-state index contributed by atoms with van der Waals surface area (Å²) in [6.07, 6.45) is 2.79. The number of anilines is 1. The highest BCUT2D eigenvalue weighted by atomic mass is 16.5. The van der Waals surface area contributed by atoms with Crippen molar-refractivity contribution in [2.24, 2.45) is 0 Å². The molecular formula is C20H18N4O2. The van der Waals surface area contributed by atoms with Crippen molar-refractivity contribution in [2.45, 2.75) is 13.3 Å². The molecule has 3 aromatic heterocycles. The van der Waals surface area contributed by atoms with Gasteiger partial charge in [-0.05, 0) is 42.8 Å². The van der Waals surface area contributed by atoms with Gasteiger partial charge < -0.3 is 14.5 Å². The molecule has 0 saturated carbocycles. The summed E-state index contributed by atoms with van der Waals surface area (Å²) in [5.74, 6) is 2.31. The molecule has 130 valence electrons. The maximum Gasteiger partial charge on any atom is 0.157 e. The van der Waals surface area contributed by atoms with E-state index in [1.165, 1.54) is 0 Å². The molecule has 6 nitrogen and oxygen atoms in total. The van der Waals surface area contributed by atoms with Crippen molar-refractivity contribution in [3.05, 3.63) is 48.2 Å². The highest BCUT2D eigenvalue weighted by Crippen LogP contribution is 2.34. The fourth-order valence-electron chi connectivity index (χ4n) is 2.97. The van der Waals surface area contributed by atoms with Crippen molar-refractivity contribution in [3.8, 4) is 23.3 Å². The fourth-order valence-corrected chi connectivity index (χ4v) is 2.97. The number of imidazole rings is 1. The molecule has 0 fully saturated rings. The lowest BCUT2D eigenvalue weighted by atomic mass is 10.2. The normalized spacial score (nSPS) is 11.0. The molecule has 1 aromatic carbocycles. The minimum absolute atomic E-state index is 0.569. The van der Waals surface area contributed by atoms with E-state index in [-0.39, 0.29) is 0 Å². The van der Waals surface area contributed by atoms with Gasteiger partial charge in [-0.1, -0.05) is 6.92 Å². The largest absolute Gasteiger partial charge is 0.494 e. The van der Waals surface area contributed by atoms with E-state index in [9.17, 15) is 0 Å². The summed E-state index contributed by atoms with van der Waals surface area (Å²) in [5, 5.41) is 13.2. The molecule has 0 spiro atoms. The van der Waals surface area contributed by atoms with E-state index >= 15 is 0 Å². The van der Waals surface area contributed by atoms with Gasteiger partial charge in [-0.2, -0.15) is 5.26 Å². The molecule has 0 atom stereocenters. The third kappa shape index (κ3) is 2.64. The van der Waals surface area contributed by atoms with Gasteiger partial charge in [0.05, 0.1) is 18.2 Å². The standard InChI is InChI=1S/C20H18N4O2/c1-3-8-25-15-4-5-16-14(10-15)11-17(26-16)19-20(22-2)24-7-6-13(12-21)9-18(24)23-19/h4-7,9-11,22H,3,8H2,1-2H3. The van der Waals surface area contributed by atoms with Crippen LogP contribution in [0.2, 0.25) is 0 Å². The maximum absolute atomic E-state index is 9.10. The van der Waals surface area contributed by atoms with Crippen LogP contribution in [0.4, 0.5) is 5.82 Å². The molecule has 3 heterocycles. The Balaban J connectivity index is 1.82. The quantitative estimate of drug-likeness (QED) is 0.578. The molecule has 0 aliphatic heterocycles. The number of hydrogen-bond donors (Lipinski definition) is 1. The molecular weight excluding hydrogens is 328 g/mol. The van der Waals surface area contributed by atoms with Crippen LogP contribution in [0.15, 0.2) is 47.0 Å². The molecule has 0 aliphatic carbocycles. The summed E-state index contributed by atoms with van der Waals surface area (Å²) in [6.45, 7) is 2.77. The van der Waals surface area contributed by atoms with Gasteiger partial charge >= 0.3 is 0 Å². The van der Waals surface area contributed by atoms with Gasteiger partial charge in [0.1, 0.15) is 28.5 Å². The van der Waals surface area contributed by atoms with Gasteiger partial charge in [-0.25, -0.2) is 4.98 Å². The molecule has 0 radical (unpaired) electrons. The predicted octanol–water partition coefficient (Wildman–Crippen LogP) is 4.45. The van der Waals surface area contributed by atoms with Crippen LogP contribution in [0, 0.1) is 11.3 Å². The SMILES string of the molecule is CCCOc1ccc2oc(-c3nc4cc(C#N)ccn4c3NC)cc2c1. The average Bonchev–Trinajstić information content (AvgIpc) is 3.25. The fraction of sp³-hybridized carbons (Fsp3) is 0.200. The molecule has 6 heteroatoms. The smallest absolute Gasteiger partial charge is 0.157 e. The molecule has 26 heavy (non-hydrogen) atoms. The van der Waals surface area contributed by atoms with Crippen molar-refractivity contribution >= 4 is 22.4 Å². The molecule has 0 saturated heterocycles. The van der Waals surface area contributed by atoms with Crippen LogP contribution in [-0.2, 0) is 0 Å². The van der Waals surface area contributed by atoms with Gasteiger partial charge in [-0.15, -0.1) is 0 Å². The van der Waals surface area contributed by atoms with Crippen LogP contribution in [0.1, 0.15) is 18.9 Å². The summed E-state index contributed by atoms with van der Waals surface area (Å²) in [6, 6.07) is 13.4. The monoisotopic (exact) mass is 346 g/mol. The van der Waals surface area contributed by atoms with Crippen LogP contribution >= 0.6 is 0 Å². The second-order valence-corrected chi connectivity index (χ2v) is 5.97. The first-order valence-corrected chi connectivity index (χ1v) is 8.50. The average molecular weight is 346 g/mol. The Morgan fingerprint density at radius 1 is 1.27 bits per heavy atom. The zero-order chi connectivity index (χ0) is 18.1. The van der Waals surface area contributed by atoms with Gasteiger partial charge in [0.2, 0.25) is 0 Å². The van der Waals surface area contributed by atoms with Crippen LogP contribution in [-0.4, -0.2) is 23.0 Å². The number of nitrogens with zero attached hydrogens (tertiary/aromatic N) is 3. The Hall–Kier alpha value is -3.46. The van der Waals surface area contributed by atoms with Gasteiger partial charge in [0, 0.05) is 18.6 Å². The number of benzene rings is 1. The number of pyridine rings is 1. The number of furan rings is 1. The zero-order valence-electron chi connectivity index (χ0n) is 14.6. The summed E-state index contributed by atoms with van der Waals surface area (Å²) in [4.78, 5) is 4.65. The van der Waals surface area contributed by atoms with Crippen molar-refractivity contribution in [1.29, 1.82) is 5.26 Å². The lowest BCUT2D eigenvalue weighted by Gasteiger charge is -2.02. The molecule has 0 amide bonds. The Morgan fingerprint density at radius 2 is 2.15 bits per heavy atom. The number of nitrogens with one attached hydrogen (secondary N) is 1.